The Labute approximate surface area is 132 Å². The lowest BCUT2D eigenvalue weighted by atomic mass is 10.1. The van der Waals surface area contributed by atoms with Crippen LogP contribution in [0.5, 0.6) is 0 Å². The van der Waals surface area contributed by atoms with Gasteiger partial charge in [-0.1, -0.05) is 18.2 Å². The number of benzene rings is 1. The lowest BCUT2D eigenvalue weighted by Gasteiger charge is -2.15. The van der Waals surface area contributed by atoms with E-state index in [1.165, 1.54) is 0 Å². The SMILES string of the molecule is C[C@@H](COCC(F)(F)F)NC(=O)Cc1cn(C)c2ccccc12. The number of ether oxygens (including phenoxy) is 1. The van der Waals surface area contributed by atoms with Crippen LogP contribution in [-0.4, -0.2) is 35.9 Å². The van der Waals surface area contributed by atoms with E-state index in [1.807, 2.05) is 42.1 Å². The quantitative estimate of drug-likeness (QED) is 0.886. The number of para-hydroxylation sites is 1. The Morgan fingerprint density at radius 3 is 2.74 bits per heavy atom. The summed E-state index contributed by atoms with van der Waals surface area (Å²) in [6, 6.07) is 7.24. The number of halogens is 3. The van der Waals surface area contributed by atoms with Crippen LogP contribution < -0.4 is 5.32 Å². The van der Waals surface area contributed by atoms with Gasteiger partial charge in [0.05, 0.1) is 13.0 Å². The second-order valence-corrected chi connectivity index (χ2v) is 5.56. The van der Waals surface area contributed by atoms with Gasteiger partial charge in [-0.3, -0.25) is 4.79 Å². The van der Waals surface area contributed by atoms with E-state index in [0.717, 1.165) is 16.5 Å². The molecule has 1 N–H and O–H groups in total. The maximum absolute atomic E-state index is 12.0. The molecule has 23 heavy (non-hydrogen) atoms. The van der Waals surface area contributed by atoms with Crippen molar-refractivity contribution in [2.75, 3.05) is 13.2 Å². The van der Waals surface area contributed by atoms with Crippen molar-refractivity contribution in [3.05, 3.63) is 36.0 Å². The predicted molar refractivity (Wildman–Crippen MR) is 81.1 cm³/mol. The van der Waals surface area contributed by atoms with Crippen molar-refractivity contribution in [1.29, 1.82) is 0 Å². The highest BCUT2D eigenvalue weighted by Gasteiger charge is 2.27. The Morgan fingerprint density at radius 1 is 1.35 bits per heavy atom. The first-order chi connectivity index (χ1) is 10.8. The first-order valence-corrected chi connectivity index (χ1v) is 7.23. The highest BCUT2D eigenvalue weighted by atomic mass is 19.4. The van der Waals surface area contributed by atoms with Crippen molar-refractivity contribution in [1.82, 2.24) is 9.88 Å². The lowest BCUT2D eigenvalue weighted by Crippen LogP contribution is -2.37. The summed E-state index contributed by atoms with van der Waals surface area (Å²) in [6.45, 7) is 0.120. The molecule has 0 fully saturated rings. The second kappa shape index (κ2) is 7.04. The van der Waals surface area contributed by atoms with E-state index in [2.05, 4.69) is 10.1 Å². The minimum Gasteiger partial charge on any atom is -0.370 e. The third-order valence-corrected chi connectivity index (χ3v) is 3.37. The van der Waals surface area contributed by atoms with E-state index in [0.29, 0.717) is 0 Å². The first kappa shape index (κ1) is 17.3. The summed E-state index contributed by atoms with van der Waals surface area (Å²) in [5, 5.41) is 3.64. The molecule has 0 saturated heterocycles. The molecule has 1 aromatic carbocycles. The van der Waals surface area contributed by atoms with Gasteiger partial charge in [-0.05, 0) is 18.6 Å². The minimum absolute atomic E-state index is 0.172. The minimum atomic E-state index is -4.35. The van der Waals surface area contributed by atoms with Crippen molar-refractivity contribution in [3.8, 4) is 0 Å². The van der Waals surface area contributed by atoms with E-state index in [4.69, 9.17) is 0 Å². The molecule has 0 aliphatic heterocycles. The average molecular weight is 328 g/mol. The third kappa shape index (κ3) is 4.99. The maximum atomic E-state index is 12.0. The van der Waals surface area contributed by atoms with Gasteiger partial charge in [0.25, 0.3) is 0 Å². The molecule has 0 bridgehead atoms. The molecular weight excluding hydrogens is 309 g/mol. The number of carbonyl (C=O) groups excluding carboxylic acids is 1. The number of carbonyl (C=O) groups is 1. The number of amides is 1. The van der Waals surface area contributed by atoms with Gasteiger partial charge in [0, 0.05) is 30.2 Å². The molecule has 0 unspecified atom stereocenters. The van der Waals surface area contributed by atoms with E-state index in [-0.39, 0.29) is 18.9 Å². The van der Waals surface area contributed by atoms with E-state index < -0.39 is 18.8 Å². The van der Waals surface area contributed by atoms with Gasteiger partial charge >= 0.3 is 6.18 Å². The number of rotatable bonds is 6. The van der Waals surface area contributed by atoms with Gasteiger partial charge in [0.2, 0.25) is 5.91 Å². The Kier molecular flexibility index (Phi) is 5.30. The molecule has 4 nitrogen and oxygen atoms in total. The van der Waals surface area contributed by atoms with Gasteiger partial charge in [0.15, 0.2) is 0 Å². The number of alkyl halides is 3. The highest BCUT2D eigenvalue weighted by Crippen LogP contribution is 2.20. The molecule has 1 amide bonds. The van der Waals surface area contributed by atoms with Gasteiger partial charge in [-0.25, -0.2) is 0 Å². The number of hydrogen-bond acceptors (Lipinski definition) is 2. The summed E-state index contributed by atoms with van der Waals surface area (Å²) in [4.78, 5) is 12.0. The van der Waals surface area contributed by atoms with Crippen LogP contribution in [0.1, 0.15) is 12.5 Å². The molecule has 0 aliphatic rings. The number of aromatic nitrogens is 1. The van der Waals surface area contributed by atoms with Crippen molar-refractivity contribution in [3.63, 3.8) is 0 Å². The van der Waals surface area contributed by atoms with Crippen molar-refractivity contribution in [2.24, 2.45) is 7.05 Å². The van der Waals surface area contributed by atoms with Crippen LogP contribution in [0.15, 0.2) is 30.5 Å². The Bertz CT molecular complexity index is 680. The van der Waals surface area contributed by atoms with Crippen LogP contribution in [0.3, 0.4) is 0 Å². The first-order valence-electron chi connectivity index (χ1n) is 7.23. The Balaban J connectivity index is 1.89. The average Bonchev–Trinajstić information content (AvgIpc) is 2.74. The van der Waals surface area contributed by atoms with Crippen LogP contribution in [0.4, 0.5) is 13.2 Å². The fraction of sp³-hybridized carbons (Fsp3) is 0.438. The van der Waals surface area contributed by atoms with Crippen LogP contribution in [0.25, 0.3) is 10.9 Å². The van der Waals surface area contributed by atoms with Crippen LogP contribution in [0.2, 0.25) is 0 Å². The zero-order valence-corrected chi connectivity index (χ0v) is 13.0. The van der Waals surface area contributed by atoms with Gasteiger partial charge in [-0.2, -0.15) is 13.2 Å². The molecule has 0 saturated carbocycles. The van der Waals surface area contributed by atoms with E-state index in [1.54, 1.807) is 6.92 Å². The number of hydrogen-bond donors (Lipinski definition) is 1. The summed E-state index contributed by atoms with van der Waals surface area (Å²) < 4.78 is 42.5. The molecule has 0 aliphatic carbocycles. The summed E-state index contributed by atoms with van der Waals surface area (Å²) >= 11 is 0. The number of nitrogens with one attached hydrogen (secondary N) is 1. The number of nitrogens with zero attached hydrogens (tertiary/aromatic N) is 1. The Hall–Kier alpha value is -2.02. The van der Waals surface area contributed by atoms with Crippen molar-refractivity contribution < 1.29 is 22.7 Å². The van der Waals surface area contributed by atoms with Crippen LogP contribution in [-0.2, 0) is 23.0 Å². The fourth-order valence-corrected chi connectivity index (χ4v) is 2.46. The normalized spacial score (nSPS) is 13.3. The molecule has 1 heterocycles. The van der Waals surface area contributed by atoms with Gasteiger partial charge in [-0.15, -0.1) is 0 Å². The summed E-state index contributed by atoms with van der Waals surface area (Å²) in [5.74, 6) is -0.246. The maximum Gasteiger partial charge on any atom is 0.411 e. The summed E-state index contributed by atoms with van der Waals surface area (Å²) in [7, 11) is 1.90. The van der Waals surface area contributed by atoms with Crippen LogP contribution in [0, 0.1) is 0 Å². The number of aryl methyl sites for hydroxylation is 1. The molecule has 0 spiro atoms. The van der Waals surface area contributed by atoms with Gasteiger partial charge < -0.3 is 14.6 Å². The molecule has 1 aromatic heterocycles. The molecular formula is C16H19F3N2O2. The molecule has 1 atom stereocenters. The largest absolute Gasteiger partial charge is 0.411 e. The Morgan fingerprint density at radius 2 is 2.04 bits per heavy atom. The molecule has 0 radical (unpaired) electrons. The summed E-state index contributed by atoms with van der Waals surface area (Å²) in [5.41, 5.74) is 1.90. The topological polar surface area (TPSA) is 43.3 Å². The third-order valence-electron chi connectivity index (χ3n) is 3.37. The summed E-state index contributed by atoms with van der Waals surface area (Å²) in [6.07, 6.45) is -2.30. The van der Waals surface area contributed by atoms with Crippen molar-refractivity contribution in [2.45, 2.75) is 25.6 Å². The molecule has 2 rings (SSSR count). The van der Waals surface area contributed by atoms with Crippen molar-refractivity contribution >= 4 is 16.8 Å². The molecule has 2 aromatic rings. The van der Waals surface area contributed by atoms with E-state index in [9.17, 15) is 18.0 Å². The standard InChI is InChI=1S/C16H19F3N2O2/c1-11(9-23-10-16(17,18)19)20-15(22)7-12-8-21(2)14-6-4-3-5-13(12)14/h3-6,8,11H,7,9-10H2,1-2H3,(H,20,22)/t11-/m0/s1. The second-order valence-electron chi connectivity index (χ2n) is 5.56. The lowest BCUT2D eigenvalue weighted by molar-refractivity contribution is -0.175. The van der Waals surface area contributed by atoms with E-state index >= 15 is 0 Å². The van der Waals surface area contributed by atoms with Crippen LogP contribution >= 0.6 is 0 Å². The predicted octanol–water partition coefficient (Wildman–Crippen LogP) is 2.80. The number of fused-ring (bicyclic) bond motifs is 1. The van der Waals surface area contributed by atoms with Gasteiger partial charge in [0.1, 0.15) is 6.61 Å². The smallest absolute Gasteiger partial charge is 0.370 e. The molecule has 126 valence electrons. The zero-order valence-electron chi connectivity index (χ0n) is 13.0. The monoisotopic (exact) mass is 328 g/mol. The fourth-order valence-electron chi connectivity index (χ4n) is 2.46. The zero-order chi connectivity index (χ0) is 17.0. The molecule has 7 heteroatoms. The highest BCUT2D eigenvalue weighted by molar-refractivity contribution is 5.89.